The van der Waals surface area contributed by atoms with Crippen LogP contribution in [0.3, 0.4) is 0 Å². The quantitative estimate of drug-likeness (QED) is 0.793. The van der Waals surface area contributed by atoms with Crippen LogP contribution in [-0.4, -0.2) is 6.04 Å². The summed E-state index contributed by atoms with van der Waals surface area (Å²) in [6.45, 7) is 4.18. The molecule has 0 aliphatic rings. The average molecular weight is 198 g/mol. The van der Waals surface area contributed by atoms with Crippen molar-refractivity contribution < 1.29 is 0 Å². The van der Waals surface area contributed by atoms with Gasteiger partial charge in [0.15, 0.2) is 0 Å². The van der Waals surface area contributed by atoms with Gasteiger partial charge >= 0.3 is 0 Å². The minimum Gasteiger partial charge on any atom is -0.328 e. The molecule has 72 valence electrons. The van der Waals surface area contributed by atoms with E-state index in [0.29, 0.717) is 5.92 Å². The molecule has 2 atom stereocenters. The van der Waals surface area contributed by atoms with E-state index >= 15 is 0 Å². The van der Waals surface area contributed by atoms with Crippen LogP contribution in [0, 0.1) is 5.92 Å². The van der Waals surface area contributed by atoms with Gasteiger partial charge in [0.2, 0.25) is 0 Å². The minimum atomic E-state index is 0.219. The minimum absolute atomic E-state index is 0.219. The first-order chi connectivity index (χ1) is 6.11. The topological polar surface area (TPSA) is 26.0 Å². The SMILES string of the molecule is CC(N)C(C)Cc1ccccc1Cl. The molecule has 0 aromatic heterocycles. The van der Waals surface area contributed by atoms with Crippen LogP contribution >= 0.6 is 11.6 Å². The van der Waals surface area contributed by atoms with Gasteiger partial charge in [0.25, 0.3) is 0 Å². The maximum Gasteiger partial charge on any atom is 0.0438 e. The Labute approximate surface area is 84.9 Å². The molecule has 2 heteroatoms. The van der Waals surface area contributed by atoms with Gasteiger partial charge in [-0.2, -0.15) is 0 Å². The summed E-state index contributed by atoms with van der Waals surface area (Å²) in [4.78, 5) is 0. The predicted molar refractivity (Wildman–Crippen MR) is 58.0 cm³/mol. The van der Waals surface area contributed by atoms with Crippen LogP contribution in [0.2, 0.25) is 5.02 Å². The number of nitrogens with two attached hydrogens (primary N) is 1. The molecule has 2 N–H and O–H groups in total. The van der Waals surface area contributed by atoms with Crippen LogP contribution in [0.15, 0.2) is 24.3 Å². The van der Waals surface area contributed by atoms with Crippen molar-refractivity contribution in [2.24, 2.45) is 11.7 Å². The molecular weight excluding hydrogens is 182 g/mol. The predicted octanol–water partition coefficient (Wildman–Crippen LogP) is 2.87. The maximum absolute atomic E-state index is 6.03. The van der Waals surface area contributed by atoms with Crippen LogP contribution in [0.4, 0.5) is 0 Å². The van der Waals surface area contributed by atoms with E-state index in [2.05, 4.69) is 13.0 Å². The molecule has 0 aliphatic carbocycles. The molecule has 1 rings (SSSR count). The lowest BCUT2D eigenvalue weighted by Crippen LogP contribution is -2.25. The molecule has 0 fully saturated rings. The van der Waals surface area contributed by atoms with E-state index in [0.717, 1.165) is 11.4 Å². The van der Waals surface area contributed by atoms with E-state index in [-0.39, 0.29) is 6.04 Å². The van der Waals surface area contributed by atoms with Crippen LogP contribution in [0.25, 0.3) is 0 Å². The molecule has 0 amide bonds. The van der Waals surface area contributed by atoms with E-state index < -0.39 is 0 Å². The average Bonchev–Trinajstić information content (AvgIpc) is 2.08. The van der Waals surface area contributed by atoms with Crippen LogP contribution in [0.1, 0.15) is 19.4 Å². The van der Waals surface area contributed by atoms with Gasteiger partial charge in [0.1, 0.15) is 0 Å². The largest absolute Gasteiger partial charge is 0.328 e. The first kappa shape index (κ1) is 10.6. The van der Waals surface area contributed by atoms with Gasteiger partial charge in [-0.3, -0.25) is 0 Å². The Morgan fingerprint density at radius 2 is 1.92 bits per heavy atom. The number of hydrogen-bond acceptors (Lipinski definition) is 1. The second kappa shape index (κ2) is 4.64. The highest BCUT2D eigenvalue weighted by atomic mass is 35.5. The number of benzene rings is 1. The summed E-state index contributed by atoms with van der Waals surface area (Å²) >= 11 is 6.03. The van der Waals surface area contributed by atoms with Crippen molar-refractivity contribution in [3.05, 3.63) is 34.9 Å². The van der Waals surface area contributed by atoms with Crippen LogP contribution in [-0.2, 0) is 6.42 Å². The molecule has 0 bridgehead atoms. The van der Waals surface area contributed by atoms with E-state index in [1.54, 1.807) is 0 Å². The lowest BCUT2D eigenvalue weighted by Gasteiger charge is -2.15. The lowest BCUT2D eigenvalue weighted by molar-refractivity contribution is 0.482. The Hall–Kier alpha value is -0.530. The summed E-state index contributed by atoms with van der Waals surface area (Å²) in [6.07, 6.45) is 0.956. The Balaban J connectivity index is 2.69. The van der Waals surface area contributed by atoms with Crippen molar-refractivity contribution in [3.63, 3.8) is 0 Å². The van der Waals surface area contributed by atoms with E-state index in [9.17, 15) is 0 Å². The third-order valence-electron chi connectivity index (χ3n) is 2.40. The molecule has 0 spiro atoms. The zero-order chi connectivity index (χ0) is 9.84. The third kappa shape index (κ3) is 3.02. The molecule has 1 nitrogen and oxygen atoms in total. The zero-order valence-corrected chi connectivity index (χ0v) is 8.88. The molecule has 0 aliphatic heterocycles. The summed E-state index contributed by atoms with van der Waals surface area (Å²) in [7, 11) is 0. The molecule has 0 radical (unpaired) electrons. The number of hydrogen-bond donors (Lipinski definition) is 1. The lowest BCUT2D eigenvalue weighted by atomic mass is 9.96. The van der Waals surface area contributed by atoms with Crippen LogP contribution in [0.5, 0.6) is 0 Å². The molecule has 2 unspecified atom stereocenters. The van der Waals surface area contributed by atoms with Gasteiger partial charge in [-0.1, -0.05) is 36.7 Å². The smallest absolute Gasteiger partial charge is 0.0438 e. The van der Waals surface area contributed by atoms with Gasteiger partial charge in [-0.25, -0.2) is 0 Å². The second-order valence-corrected chi connectivity index (χ2v) is 4.04. The summed E-state index contributed by atoms with van der Waals surface area (Å²) in [6, 6.07) is 8.15. The highest BCUT2D eigenvalue weighted by Gasteiger charge is 2.09. The third-order valence-corrected chi connectivity index (χ3v) is 2.77. The van der Waals surface area contributed by atoms with Gasteiger partial charge in [-0.15, -0.1) is 0 Å². The standard InChI is InChI=1S/C11H16ClN/c1-8(9(2)13)7-10-5-3-4-6-11(10)12/h3-6,8-9H,7,13H2,1-2H3. The van der Waals surface area contributed by atoms with Gasteiger partial charge in [0, 0.05) is 11.1 Å². The molecule has 0 saturated carbocycles. The van der Waals surface area contributed by atoms with Crippen molar-refractivity contribution >= 4 is 11.6 Å². The van der Waals surface area contributed by atoms with Crippen molar-refractivity contribution in [2.75, 3.05) is 0 Å². The van der Waals surface area contributed by atoms with E-state index in [1.807, 2.05) is 25.1 Å². The fourth-order valence-corrected chi connectivity index (χ4v) is 1.41. The van der Waals surface area contributed by atoms with Crippen molar-refractivity contribution in [3.8, 4) is 0 Å². The van der Waals surface area contributed by atoms with Gasteiger partial charge in [0.05, 0.1) is 0 Å². The fourth-order valence-electron chi connectivity index (χ4n) is 1.20. The Kier molecular flexibility index (Phi) is 3.76. The van der Waals surface area contributed by atoms with Gasteiger partial charge in [-0.05, 0) is 30.9 Å². The molecule has 1 aromatic carbocycles. The maximum atomic E-state index is 6.03. The Bertz CT molecular complexity index is 271. The number of rotatable bonds is 3. The summed E-state index contributed by atoms with van der Waals surface area (Å²) in [5.74, 6) is 0.472. The zero-order valence-electron chi connectivity index (χ0n) is 8.13. The molecule has 0 saturated heterocycles. The summed E-state index contributed by atoms with van der Waals surface area (Å²) in [5.41, 5.74) is 6.98. The second-order valence-electron chi connectivity index (χ2n) is 3.63. The first-order valence-corrected chi connectivity index (χ1v) is 4.98. The normalized spacial score (nSPS) is 15.4. The van der Waals surface area contributed by atoms with Crippen molar-refractivity contribution in [1.82, 2.24) is 0 Å². The molecule has 13 heavy (non-hydrogen) atoms. The highest BCUT2D eigenvalue weighted by molar-refractivity contribution is 6.31. The Morgan fingerprint density at radius 1 is 1.31 bits per heavy atom. The summed E-state index contributed by atoms with van der Waals surface area (Å²) < 4.78 is 0. The van der Waals surface area contributed by atoms with Crippen molar-refractivity contribution in [2.45, 2.75) is 26.3 Å². The highest BCUT2D eigenvalue weighted by Crippen LogP contribution is 2.19. The first-order valence-electron chi connectivity index (χ1n) is 4.60. The Morgan fingerprint density at radius 3 is 2.46 bits per heavy atom. The van der Waals surface area contributed by atoms with E-state index in [4.69, 9.17) is 17.3 Å². The molecular formula is C11H16ClN. The van der Waals surface area contributed by atoms with E-state index in [1.165, 1.54) is 5.56 Å². The monoisotopic (exact) mass is 197 g/mol. The number of halogens is 1. The fraction of sp³-hybridized carbons (Fsp3) is 0.455. The van der Waals surface area contributed by atoms with Crippen LogP contribution < -0.4 is 5.73 Å². The van der Waals surface area contributed by atoms with Gasteiger partial charge < -0.3 is 5.73 Å². The molecule has 0 heterocycles. The summed E-state index contributed by atoms with van der Waals surface area (Å²) in [5, 5.41) is 0.843. The van der Waals surface area contributed by atoms with Crippen molar-refractivity contribution in [1.29, 1.82) is 0 Å². The molecule has 1 aromatic rings.